The van der Waals surface area contributed by atoms with Crippen molar-refractivity contribution in [2.45, 2.75) is 0 Å². The molecule has 2 heterocycles. The van der Waals surface area contributed by atoms with Gasteiger partial charge in [-0.25, -0.2) is 14.4 Å². The van der Waals surface area contributed by atoms with E-state index < -0.39 is 0 Å². The maximum Gasteiger partial charge on any atom is 0.156 e. The molecular weight excluding hydrogens is 284 g/mol. The lowest BCUT2D eigenvalue weighted by atomic mass is 10.3. The Morgan fingerprint density at radius 1 is 1.23 bits per heavy atom. The van der Waals surface area contributed by atoms with Crippen LogP contribution in [-0.2, 0) is 0 Å². The predicted octanol–water partition coefficient (Wildman–Crippen LogP) is 2.22. The number of nitrogens with zero attached hydrogens (tertiary/aromatic N) is 2. The van der Waals surface area contributed by atoms with E-state index in [0.717, 1.165) is 3.70 Å². The van der Waals surface area contributed by atoms with Crippen molar-refractivity contribution in [1.82, 2.24) is 15.0 Å². The first-order chi connectivity index (χ1) is 6.25. The van der Waals surface area contributed by atoms with Crippen LogP contribution >= 0.6 is 22.6 Å². The molecule has 2 aromatic rings. The standard InChI is InChI=1S/C8H5FIN3/c9-5-1-2-6(11-3-5)8-12-4-7(10)13-8/h1-4H,(H,12,13). The van der Waals surface area contributed by atoms with Crippen molar-refractivity contribution in [3.8, 4) is 11.5 Å². The van der Waals surface area contributed by atoms with Crippen molar-refractivity contribution in [3.63, 3.8) is 0 Å². The van der Waals surface area contributed by atoms with Crippen molar-refractivity contribution in [2.75, 3.05) is 0 Å². The molecule has 0 saturated heterocycles. The molecule has 0 saturated carbocycles. The summed E-state index contributed by atoms with van der Waals surface area (Å²) in [4.78, 5) is 11.0. The molecule has 0 fully saturated rings. The molecule has 0 aromatic carbocycles. The molecule has 0 radical (unpaired) electrons. The second-order valence-electron chi connectivity index (χ2n) is 2.44. The summed E-state index contributed by atoms with van der Waals surface area (Å²) in [6.07, 6.45) is 2.87. The summed E-state index contributed by atoms with van der Waals surface area (Å²) in [6.45, 7) is 0. The van der Waals surface area contributed by atoms with Crippen molar-refractivity contribution in [3.05, 3.63) is 34.0 Å². The Bertz CT molecular complexity index is 410. The number of imidazole rings is 1. The topological polar surface area (TPSA) is 41.6 Å². The van der Waals surface area contributed by atoms with Crippen LogP contribution < -0.4 is 0 Å². The number of rotatable bonds is 1. The highest BCUT2D eigenvalue weighted by molar-refractivity contribution is 14.1. The van der Waals surface area contributed by atoms with Gasteiger partial charge < -0.3 is 4.98 Å². The van der Waals surface area contributed by atoms with Crippen LogP contribution in [0.2, 0.25) is 0 Å². The van der Waals surface area contributed by atoms with Crippen LogP contribution in [0, 0.1) is 9.52 Å². The van der Waals surface area contributed by atoms with E-state index in [0.29, 0.717) is 11.5 Å². The van der Waals surface area contributed by atoms with Gasteiger partial charge in [-0.1, -0.05) is 0 Å². The van der Waals surface area contributed by atoms with Crippen LogP contribution in [0.3, 0.4) is 0 Å². The molecule has 0 aliphatic carbocycles. The Kier molecular flexibility index (Phi) is 2.26. The average molecular weight is 289 g/mol. The highest BCUT2D eigenvalue weighted by Gasteiger charge is 2.02. The number of aromatic nitrogens is 3. The highest BCUT2D eigenvalue weighted by Crippen LogP contribution is 2.13. The third-order valence-electron chi connectivity index (χ3n) is 1.51. The SMILES string of the molecule is Fc1ccc(-c2ncc(I)[nH]2)nc1. The van der Waals surface area contributed by atoms with Crippen molar-refractivity contribution in [1.29, 1.82) is 0 Å². The quantitative estimate of drug-likeness (QED) is 0.818. The van der Waals surface area contributed by atoms with Crippen molar-refractivity contribution >= 4 is 22.6 Å². The highest BCUT2D eigenvalue weighted by atomic mass is 127. The summed E-state index contributed by atoms with van der Waals surface area (Å²) in [5, 5.41) is 0. The Hall–Kier alpha value is -0.980. The normalized spacial score (nSPS) is 10.3. The van der Waals surface area contributed by atoms with Gasteiger partial charge in [-0.05, 0) is 34.7 Å². The zero-order valence-electron chi connectivity index (χ0n) is 6.46. The van der Waals surface area contributed by atoms with Gasteiger partial charge in [0.2, 0.25) is 0 Å². The van der Waals surface area contributed by atoms with Gasteiger partial charge in [0.15, 0.2) is 5.82 Å². The van der Waals surface area contributed by atoms with Crippen LogP contribution in [0.15, 0.2) is 24.5 Å². The molecule has 0 amide bonds. The van der Waals surface area contributed by atoms with E-state index in [-0.39, 0.29) is 5.82 Å². The van der Waals surface area contributed by atoms with Gasteiger partial charge >= 0.3 is 0 Å². The lowest BCUT2D eigenvalue weighted by molar-refractivity contribution is 0.621. The van der Waals surface area contributed by atoms with Crippen LogP contribution in [0.5, 0.6) is 0 Å². The molecule has 0 spiro atoms. The first-order valence-electron chi connectivity index (χ1n) is 3.58. The molecule has 1 N–H and O–H groups in total. The molecule has 0 bridgehead atoms. The molecule has 0 unspecified atom stereocenters. The molecule has 0 atom stereocenters. The molecule has 13 heavy (non-hydrogen) atoms. The first kappa shape index (κ1) is 8.61. The summed E-state index contributed by atoms with van der Waals surface area (Å²) < 4.78 is 13.4. The molecule has 5 heteroatoms. The zero-order valence-corrected chi connectivity index (χ0v) is 8.62. The van der Waals surface area contributed by atoms with Crippen LogP contribution in [0.4, 0.5) is 4.39 Å². The molecule has 2 aromatic heterocycles. The minimum atomic E-state index is -0.343. The van der Waals surface area contributed by atoms with Gasteiger partial charge in [-0.3, -0.25) is 0 Å². The Balaban J connectivity index is 2.41. The summed E-state index contributed by atoms with van der Waals surface area (Å²) in [7, 11) is 0. The largest absolute Gasteiger partial charge is 0.332 e. The van der Waals surface area contributed by atoms with E-state index in [2.05, 4.69) is 37.5 Å². The third-order valence-corrected chi connectivity index (χ3v) is 2.06. The van der Waals surface area contributed by atoms with Gasteiger partial charge in [0.1, 0.15) is 11.5 Å². The number of H-pyrrole nitrogens is 1. The monoisotopic (exact) mass is 289 g/mol. The molecule has 3 nitrogen and oxygen atoms in total. The Morgan fingerprint density at radius 3 is 2.62 bits per heavy atom. The molecular formula is C8H5FIN3. The number of aromatic amines is 1. The smallest absolute Gasteiger partial charge is 0.156 e. The van der Waals surface area contributed by atoms with Crippen LogP contribution in [0.25, 0.3) is 11.5 Å². The van der Waals surface area contributed by atoms with E-state index in [4.69, 9.17) is 0 Å². The van der Waals surface area contributed by atoms with E-state index in [1.54, 1.807) is 12.3 Å². The second-order valence-corrected chi connectivity index (χ2v) is 3.60. The lowest BCUT2D eigenvalue weighted by Crippen LogP contribution is -1.86. The molecule has 2 rings (SSSR count). The molecule has 0 aliphatic heterocycles. The minimum absolute atomic E-state index is 0.343. The number of pyridine rings is 1. The number of halogens is 2. The fourth-order valence-electron chi connectivity index (χ4n) is 0.945. The maximum absolute atomic E-state index is 12.5. The minimum Gasteiger partial charge on any atom is -0.332 e. The second kappa shape index (κ2) is 3.41. The van der Waals surface area contributed by atoms with E-state index in [9.17, 15) is 4.39 Å². The number of hydrogen-bond acceptors (Lipinski definition) is 2. The Morgan fingerprint density at radius 2 is 2.08 bits per heavy atom. The molecule has 66 valence electrons. The summed E-state index contributed by atoms with van der Waals surface area (Å²) in [6, 6.07) is 2.95. The van der Waals surface area contributed by atoms with Gasteiger partial charge in [-0.2, -0.15) is 0 Å². The molecule has 0 aliphatic rings. The summed E-state index contributed by atoms with van der Waals surface area (Å²) >= 11 is 2.11. The van der Waals surface area contributed by atoms with Gasteiger partial charge in [0.05, 0.1) is 16.1 Å². The lowest BCUT2D eigenvalue weighted by Gasteiger charge is -1.93. The van der Waals surface area contributed by atoms with Crippen LogP contribution in [0.1, 0.15) is 0 Å². The van der Waals surface area contributed by atoms with Gasteiger partial charge in [0, 0.05) is 0 Å². The predicted molar refractivity (Wildman–Crippen MR) is 54.5 cm³/mol. The zero-order chi connectivity index (χ0) is 9.26. The number of hydrogen-bond donors (Lipinski definition) is 1. The van der Waals surface area contributed by atoms with Crippen molar-refractivity contribution < 1.29 is 4.39 Å². The summed E-state index contributed by atoms with van der Waals surface area (Å²) in [5.41, 5.74) is 0.643. The maximum atomic E-state index is 12.5. The first-order valence-corrected chi connectivity index (χ1v) is 4.66. The van der Waals surface area contributed by atoms with E-state index in [1.807, 2.05) is 0 Å². The number of nitrogens with one attached hydrogen (secondary N) is 1. The van der Waals surface area contributed by atoms with Gasteiger partial charge in [-0.15, -0.1) is 0 Å². The van der Waals surface area contributed by atoms with Crippen molar-refractivity contribution in [2.24, 2.45) is 0 Å². The van der Waals surface area contributed by atoms with E-state index >= 15 is 0 Å². The fraction of sp³-hybridized carbons (Fsp3) is 0. The summed E-state index contributed by atoms with van der Waals surface area (Å²) in [5.74, 6) is 0.314. The van der Waals surface area contributed by atoms with E-state index in [1.165, 1.54) is 12.3 Å². The Labute approximate surface area is 87.6 Å². The van der Waals surface area contributed by atoms with Crippen LogP contribution in [-0.4, -0.2) is 15.0 Å². The third kappa shape index (κ3) is 1.85. The fourth-order valence-corrected chi connectivity index (χ4v) is 1.34. The van der Waals surface area contributed by atoms with Gasteiger partial charge in [0.25, 0.3) is 0 Å². The average Bonchev–Trinajstić information content (AvgIpc) is 2.53.